The maximum Gasteiger partial charge on any atom is 0.274 e. The first-order chi connectivity index (χ1) is 11.3. The van der Waals surface area contributed by atoms with Crippen LogP contribution in [0.4, 0.5) is 0 Å². The molecule has 116 valence electrons. The van der Waals surface area contributed by atoms with Crippen LogP contribution in [-0.4, -0.2) is 33.8 Å². The molecule has 0 aromatic heterocycles. The predicted octanol–water partition coefficient (Wildman–Crippen LogP) is 3.16. The van der Waals surface area contributed by atoms with E-state index in [1.54, 1.807) is 11.8 Å². The molecule has 0 atom stereocenters. The Morgan fingerprint density at radius 1 is 0.957 bits per heavy atom. The summed E-state index contributed by atoms with van der Waals surface area (Å²) < 4.78 is 0. The molecule has 0 unspecified atom stereocenters. The highest BCUT2D eigenvalue weighted by Gasteiger charge is 2.51. The van der Waals surface area contributed by atoms with Gasteiger partial charge in [-0.25, -0.2) is 0 Å². The van der Waals surface area contributed by atoms with E-state index < -0.39 is 5.54 Å². The van der Waals surface area contributed by atoms with Gasteiger partial charge in [0.05, 0.1) is 0 Å². The number of hydrogen-bond donors (Lipinski definition) is 0. The Hall–Kier alpha value is -2.07. The monoisotopic (exact) mass is 322 g/mol. The van der Waals surface area contributed by atoms with Gasteiger partial charge in [-0.05, 0) is 11.1 Å². The number of hydrogen-bond acceptors (Lipinski definition) is 3. The van der Waals surface area contributed by atoms with Crippen molar-refractivity contribution in [3.63, 3.8) is 0 Å². The van der Waals surface area contributed by atoms with Gasteiger partial charge in [0.15, 0.2) is 5.17 Å². The van der Waals surface area contributed by atoms with E-state index in [-0.39, 0.29) is 5.91 Å². The van der Waals surface area contributed by atoms with Gasteiger partial charge < -0.3 is 4.90 Å². The fraction of sp³-hybridized carbons (Fsp3) is 0.263. The second-order valence-electron chi connectivity index (χ2n) is 6.06. The Balaban J connectivity index is 1.73. The van der Waals surface area contributed by atoms with Gasteiger partial charge in [0.25, 0.3) is 5.91 Å². The Kier molecular flexibility index (Phi) is 3.69. The molecule has 0 saturated carbocycles. The lowest BCUT2D eigenvalue weighted by atomic mass is 9.83. The summed E-state index contributed by atoms with van der Waals surface area (Å²) in [4.78, 5) is 19.5. The fourth-order valence-electron chi connectivity index (χ4n) is 3.47. The number of nitrogens with zero attached hydrogens (tertiary/aromatic N) is 2. The van der Waals surface area contributed by atoms with Gasteiger partial charge in [0, 0.05) is 25.1 Å². The molecule has 4 heteroatoms. The molecule has 2 aromatic rings. The van der Waals surface area contributed by atoms with E-state index in [1.807, 2.05) is 36.4 Å². The number of thioether (sulfide) groups is 1. The summed E-state index contributed by atoms with van der Waals surface area (Å²) in [6.45, 7) is 0.898. The first-order valence-corrected chi connectivity index (χ1v) is 8.88. The Morgan fingerprint density at radius 3 is 2.09 bits per heavy atom. The van der Waals surface area contributed by atoms with Crippen molar-refractivity contribution in [3.8, 4) is 0 Å². The molecular formula is C19H18N2OS. The number of amides is 1. The van der Waals surface area contributed by atoms with Gasteiger partial charge >= 0.3 is 0 Å². The van der Waals surface area contributed by atoms with Gasteiger partial charge in [-0.3, -0.25) is 4.79 Å². The van der Waals surface area contributed by atoms with Crippen molar-refractivity contribution in [2.75, 3.05) is 12.3 Å². The van der Waals surface area contributed by atoms with Gasteiger partial charge in [-0.15, -0.1) is 0 Å². The smallest absolute Gasteiger partial charge is 0.274 e. The van der Waals surface area contributed by atoms with E-state index in [9.17, 15) is 4.79 Å². The van der Waals surface area contributed by atoms with Crippen LogP contribution in [0.5, 0.6) is 0 Å². The number of carbonyl (C=O) groups excluding carboxylic acids is 1. The molecule has 1 amide bonds. The normalized spacial score (nSPS) is 18.9. The fourth-order valence-corrected chi connectivity index (χ4v) is 4.50. The summed E-state index contributed by atoms with van der Waals surface area (Å²) >= 11 is 1.70. The molecule has 2 aliphatic heterocycles. The van der Waals surface area contributed by atoms with Gasteiger partial charge in [-0.1, -0.05) is 72.4 Å². The second kappa shape index (κ2) is 5.85. The molecule has 2 aliphatic rings. The van der Waals surface area contributed by atoms with Crippen molar-refractivity contribution >= 4 is 22.8 Å². The summed E-state index contributed by atoms with van der Waals surface area (Å²) in [6.07, 6.45) is 1.41. The van der Waals surface area contributed by atoms with Crippen molar-refractivity contribution in [3.05, 3.63) is 71.8 Å². The zero-order valence-electron chi connectivity index (χ0n) is 12.8. The van der Waals surface area contributed by atoms with Crippen LogP contribution in [0.15, 0.2) is 65.7 Å². The van der Waals surface area contributed by atoms with Crippen LogP contribution in [0.3, 0.4) is 0 Å². The number of carbonyl (C=O) groups is 1. The molecule has 0 N–H and O–H groups in total. The summed E-state index contributed by atoms with van der Waals surface area (Å²) in [7, 11) is 0. The lowest BCUT2D eigenvalue weighted by Gasteiger charge is -2.36. The maximum absolute atomic E-state index is 12.9. The van der Waals surface area contributed by atoms with Crippen LogP contribution in [0, 0.1) is 0 Å². The molecule has 4 rings (SSSR count). The largest absolute Gasteiger partial charge is 0.335 e. The van der Waals surface area contributed by atoms with Crippen molar-refractivity contribution in [2.24, 2.45) is 4.99 Å². The van der Waals surface area contributed by atoms with Crippen LogP contribution in [0.2, 0.25) is 0 Å². The number of aliphatic imine (C=N–C) groups is 1. The molecule has 23 heavy (non-hydrogen) atoms. The quantitative estimate of drug-likeness (QED) is 0.867. The molecular weight excluding hydrogens is 304 g/mol. The summed E-state index contributed by atoms with van der Waals surface area (Å²) in [5.74, 6) is 1.02. The van der Waals surface area contributed by atoms with Crippen LogP contribution < -0.4 is 0 Å². The Bertz CT molecular complexity index is 701. The Morgan fingerprint density at radius 2 is 1.52 bits per heavy atom. The number of benzene rings is 2. The van der Waals surface area contributed by atoms with E-state index >= 15 is 0 Å². The zero-order chi connectivity index (χ0) is 15.7. The van der Waals surface area contributed by atoms with Crippen LogP contribution >= 0.6 is 11.8 Å². The third kappa shape index (κ3) is 2.57. The van der Waals surface area contributed by atoms with E-state index in [0.717, 1.165) is 17.5 Å². The summed E-state index contributed by atoms with van der Waals surface area (Å²) in [6, 6.07) is 20.5. The molecule has 0 bridgehead atoms. The molecule has 3 nitrogen and oxygen atoms in total. The highest BCUT2D eigenvalue weighted by Crippen LogP contribution is 2.38. The molecule has 1 saturated heterocycles. The molecule has 1 fully saturated rings. The SMILES string of the molecule is O=C1N=C2SCCN2C1(Cc1ccccc1)Cc1ccccc1. The second-order valence-corrected chi connectivity index (χ2v) is 7.12. The van der Waals surface area contributed by atoms with Crippen molar-refractivity contribution in [1.82, 2.24) is 4.90 Å². The van der Waals surface area contributed by atoms with E-state index in [4.69, 9.17) is 0 Å². The molecule has 0 aliphatic carbocycles. The summed E-state index contributed by atoms with van der Waals surface area (Å²) in [5, 5.41) is 0.905. The number of fused-ring (bicyclic) bond motifs is 1. The third-order valence-corrected chi connectivity index (χ3v) is 5.52. The van der Waals surface area contributed by atoms with Gasteiger partial charge in [0.2, 0.25) is 0 Å². The van der Waals surface area contributed by atoms with Crippen LogP contribution in [0.1, 0.15) is 11.1 Å². The maximum atomic E-state index is 12.9. The first-order valence-electron chi connectivity index (χ1n) is 7.89. The number of rotatable bonds is 4. The van der Waals surface area contributed by atoms with E-state index in [2.05, 4.69) is 34.2 Å². The lowest BCUT2D eigenvalue weighted by molar-refractivity contribution is -0.125. The molecule has 2 aromatic carbocycles. The average molecular weight is 322 g/mol. The summed E-state index contributed by atoms with van der Waals surface area (Å²) in [5.41, 5.74) is 1.80. The third-order valence-electron chi connectivity index (χ3n) is 4.57. The highest BCUT2D eigenvalue weighted by molar-refractivity contribution is 8.14. The standard InChI is InChI=1S/C19H18N2OS/c22-17-19(13-15-7-3-1-4-8-15,14-16-9-5-2-6-10-16)21-11-12-23-18(21)20-17/h1-10H,11-14H2. The highest BCUT2D eigenvalue weighted by atomic mass is 32.2. The van der Waals surface area contributed by atoms with E-state index in [1.165, 1.54) is 11.1 Å². The predicted molar refractivity (Wildman–Crippen MR) is 94.6 cm³/mol. The van der Waals surface area contributed by atoms with Crippen molar-refractivity contribution in [2.45, 2.75) is 18.4 Å². The number of amidine groups is 1. The average Bonchev–Trinajstić information content (AvgIpc) is 3.13. The van der Waals surface area contributed by atoms with E-state index in [0.29, 0.717) is 12.8 Å². The molecule has 0 spiro atoms. The Labute approximate surface area is 140 Å². The lowest BCUT2D eigenvalue weighted by Crippen LogP contribution is -2.53. The topological polar surface area (TPSA) is 32.7 Å². The minimum Gasteiger partial charge on any atom is -0.335 e. The minimum atomic E-state index is -0.568. The molecule has 2 heterocycles. The van der Waals surface area contributed by atoms with Crippen LogP contribution in [-0.2, 0) is 17.6 Å². The van der Waals surface area contributed by atoms with Crippen LogP contribution in [0.25, 0.3) is 0 Å². The van der Waals surface area contributed by atoms with Gasteiger partial charge in [-0.2, -0.15) is 4.99 Å². The first kappa shape index (κ1) is 14.5. The van der Waals surface area contributed by atoms with Gasteiger partial charge in [0.1, 0.15) is 5.54 Å². The van der Waals surface area contributed by atoms with Crippen molar-refractivity contribution in [1.29, 1.82) is 0 Å². The molecule has 0 radical (unpaired) electrons. The van der Waals surface area contributed by atoms with Crippen molar-refractivity contribution < 1.29 is 4.79 Å². The minimum absolute atomic E-state index is 0.00686. The zero-order valence-corrected chi connectivity index (χ0v) is 13.6.